The van der Waals surface area contributed by atoms with Gasteiger partial charge in [-0.05, 0) is 13.3 Å². The second-order valence-corrected chi connectivity index (χ2v) is 3.67. The van der Waals surface area contributed by atoms with E-state index in [0.717, 1.165) is 13.0 Å². The lowest BCUT2D eigenvalue weighted by molar-refractivity contribution is -0.130. The van der Waals surface area contributed by atoms with Gasteiger partial charge < -0.3 is 15.7 Å². The predicted molar refractivity (Wildman–Crippen MR) is 50.0 cm³/mol. The molecule has 13 heavy (non-hydrogen) atoms. The van der Waals surface area contributed by atoms with Gasteiger partial charge in [-0.3, -0.25) is 4.79 Å². The van der Waals surface area contributed by atoms with Crippen molar-refractivity contribution in [1.29, 1.82) is 0 Å². The molecule has 4 nitrogen and oxygen atoms in total. The number of aliphatic hydroxyl groups excluding tert-OH is 1. The van der Waals surface area contributed by atoms with Gasteiger partial charge in [0.05, 0.1) is 6.10 Å². The first kappa shape index (κ1) is 10.5. The van der Waals surface area contributed by atoms with E-state index in [-0.39, 0.29) is 17.9 Å². The lowest BCUT2D eigenvalue weighted by atomic mass is 10.0. The normalized spacial score (nSPS) is 24.8. The van der Waals surface area contributed by atoms with E-state index in [1.165, 1.54) is 0 Å². The number of nitrogens with zero attached hydrogens (tertiary/aromatic N) is 1. The molecule has 0 bridgehead atoms. The van der Waals surface area contributed by atoms with Crippen LogP contribution in [0.3, 0.4) is 0 Å². The fraction of sp³-hybridized carbons (Fsp3) is 0.889. The Balaban J connectivity index is 2.36. The maximum atomic E-state index is 11.4. The van der Waals surface area contributed by atoms with Gasteiger partial charge in [0.1, 0.15) is 0 Å². The van der Waals surface area contributed by atoms with Crippen LogP contribution in [0.2, 0.25) is 0 Å². The zero-order valence-corrected chi connectivity index (χ0v) is 8.07. The molecule has 0 aromatic heterocycles. The lowest BCUT2D eigenvalue weighted by Crippen LogP contribution is -2.31. The molecule has 3 N–H and O–H groups in total. The van der Waals surface area contributed by atoms with Crippen LogP contribution in [0.15, 0.2) is 0 Å². The van der Waals surface area contributed by atoms with Crippen molar-refractivity contribution >= 4 is 5.91 Å². The molecule has 1 saturated heterocycles. The average molecular weight is 186 g/mol. The highest BCUT2D eigenvalue weighted by Gasteiger charge is 2.28. The molecule has 1 fully saturated rings. The Bertz CT molecular complexity index is 182. The zero-order valence-electron chi connectivity index (χ0n) is 8.07. The van der Waals surface area contributed by atoms with Crippen LogP contribution >= 0.6 is 0 Å². The third-order valence-electron chi connectivity index (χ3n) is 2.62. The Kier molecular flexibility index (Phi) is 3.69. The van der Waals surface area contributed by atoms with E-state index in [1.807, 2.05) is 0 Å². The fourth-order valence-corrected chi connectivity index (χ4v) is 1.69. The van der Waals surface area contributed by atoms with Gasteiger partial charge >= 0.3 is 0 Å². The molecule has 0 aromatic carbocycles. The molecule has 2 unspecified atom stereocenters. The summed E-state index contributed by atoms with van der Waals surface area (Å²) in [5.74, 6) is 0.368. The van der Waals surface area contributed by atoms with Crippen LogP contribution in [-0.4, -0.2) is 41.7 Å². The molecular weight excluding hydrogens is 168 g/mol. The van der Waals surface area contributed by atoms with Crippen molar-refractivity contribution in [2.24, 2.45) is 11.7 Å². The number of nitrogens with two attached hydrogens (primary N) is 1. The first-order chi connectivity index (χ1) is 6.15. The van der Waals surface area contributed by atoms with Crippen molar-refractivity contribution < 1.29 is 9.90 Å². The van der Waals surface area contributed by atoms with Crippen LogP contribution in [0.1, 0.15) is 19.8 Å². The summed E-state index contributed by atoms with van der Waals surface area (Å²) in [7, 11) is 0. The van der Waals surface area contributed by atoms with Crippen LogP contribution in [0.5, 0.6) is 0 Å². The number of aliphatic hydroxyl groups is 1. The number of hydrogen-bond donors (Lipinski definition) is 2. The van der Waals surface area contributed by atoms with Crippen molar-refractivity contribution in [3.05, 3.63) is 0 Å². The van der Waals surface area contributed by atoms with Gasteiger partial charge in [0.15, 0.2) is 0 Å². The van der Waals surface area contributed by atoms with Gasteiger partial charge in [-0.2, -0.15) is 0 Å². The van der Waals surface area contributed by atoms with Crippen LogP contribution in [-0.2, 0) is 4.79 Å². The van der Waals surface area contributed by atoms with Crippen LogP contribution in [0.4, 0.5) is 0 Å². The van der Waals surface area contributed by atoms with E-state index >= 15 is 0 Å². The number of rotatable bonds is 3. The van der Waals surface area contributed by atoms with Gasteiger partial charge in [0.2, 0.25) is 5.91 Å². The van der Waals surface area contributed by atoms with E-state index in [1.54, 1.807) is 11.8 Å². The first-order valence-corrected chi connectivity index (χ1v) is 4.81. The molecule has 0 spiro atoms. The number of likely N-dealkylation sites (tertiary alicyclic amines) is 1. The second kappa shape index (κ2) is 4.58. The summed E-state index contributed by atoms with van der Waals surface area (Å²) in [5, 5.41) is 9.32. The molecule has 0 radical (unpaired) electrons. The van der Waals surface area contributed by atoms with E-state index in [2.05, 4.69) is 0 Å². The molecule has 1 aliphatic rings. The summed E-state index contributed by atoms with van der Waals surface area (Å²) < 4.78 is 0. The summed E-state index contributed by atoms with van der Waals surface area (Å²) >= 11 is 0. The summed E-state index contributed by atoms with van der Waals surface area (Å²) in [6.07, 6.45) is 1.02. The Morgan fingerprint density at radius 1 is 1.77 bits per heavy atom. The van der Waals surface area contributed by atoms with Gasteiger partial charge in [0, 0.05) is 32.0 Å². The highest BCUT2D eigenvalue weighted by atomic mass is 16.3. The van der Waals surface area contributed by atoms with Crippen LogP contribution in [0, 0.1) is 5.92 Å². The smallest absolute Gasteiger partial charge is 0.223 e. The molecule has 0 aliphatic carbocycles. The number of carbonyl (C=O) groups excluding carboxylic acids is 1. The molecule has 1 rings (SSSR count). The van der Waals surface area contributed by atoms with Crippen molar-refractivity contribution in [1.82, 2.24) is 4.90 Å². The van der Waals surface area contributed by atoms with E-state index in [4.69, 9.17) is 5.73 Å². The third kappa shape index (κ3) is 2.67. The van der Waals surface area contributed by atoms with Crippen LogP contribution in [0.25, 0.3) is 0 Å². The Morgan fingerprint density at radius 3 is 2.92 bits per heavy atom. The maximum Gasteiger partial charge on any atom is 0.223 e. The lowest BCUT2D eigenvalue weighted by Gasteiger charge is -2.17. The predicted octanol–water partition coefficient (Wildman–Crippen LogP) is -0.435. The fourth-order valence-electron chi connectivity index (χ4n) is 1.69. The van der Waals surface area contributed by atoms with Crippen molar-refractivity contribution in [2.45, 2.75) is 25.9 Å². The SMILES string of the molecule is CC(O)C1CCN(C(=O)CCN)C1. The summed E-state index contributed by atoms with van der Waals surface area (Å²) in [6, 6.07) is 0. The highest BCUT2D eigenvalue weighted by Crippen LogP contribution is 2.19. The molecule has 0 aromatic rings. The van der Waals surface area contributed by atoms with Crippen molar-refractivity contribution in [3.63, 3.8) is 0 Å². The van der Waals surface area contributed by atoms with E-state index < -0.39 is 0 Å². The monoisotopic (exact) mass is 186 g/mol. The second-order valence-electron chi connectivity index (χ2n) is 3.67. The zero-order chi connectivity index (χ0) is 9.84. The molecule has 4 heteroatoms. The number of amides is 1. The van der Waals surface area contributed by atoms with E-state index in [9.17, 15) is 9.90 Å². The molecule has 1 heterocycles. The molecular formula is C9H18N2O2. The maximum absolute atomic E-state index is 11.4. The molecule has 2 atom stereocenters. The van der Waals surface area contributed by atoms with Gasteiger partial charge in [-0.15, -0.1) is 0 Å². The highest BCUT2D eigenvalue weighted by molar-refractivity contribution is 5.76. The minimum atomic E-state index is -0.310. The largest absolute Gasteiger partial charge is 0.393 e. The third-order valence-corrected chi connectivity index (χ3v) is 2.62. The average Bonchev–Trinajstić information content (AvgIpc) is 2.52. The minimum Gasteiger partial charge on any atom is -0.393 e. The van der Waals surface area contributed by atoms with Gasteiger partial charge in [0.25, 0.3) is 0 Å². The summed E-state index contributed by atoms with van der Waals surface area (Å²) in [5.41, 5.74) is 5.29. The van der Waals surface area contributed by atoms with Crippen LogP contribution < -0.4 is 5.73 Å². The van der Waals surface area contributed by atoms with Gasteiger partial charge in [-0.25, -0.2) is 0 Å². The Morgan fingerprint density at radius 2 is 2.46 bits per heavy atom. The molecule has 76 valence electrons. The molecule has 0 saturated carbocycles. The van der Waals surface area contributed by atoms with Crippen molar-refractivity contribution in [3.8, 4) is 0 Å². The van der Waals surface area contributed by atoms with Gasteiger partial charge in [-0.1, -0.05) is 0 Å². The minimum absolute atomic E-state index is 0.116. The molecule has 1 aliphatic heterocycles. The first-order valence-electron chi connectivity index (χ1n) is 4.81. The summed E-state index contributed by atoms with van der Waals surface area (Å²) in [4.78, 5) is 13.2. The Hall–Kier alpha value is -0.610. The van der Waals surface area contributed by atoms with Crippen molar-refractivity contribution in [2.75, 3.05) is 19.6 Å². The number of carbonyl (C=O) groups is 1. The Labute approximate surface area is 78.7 Å². The topological polar surface area (TPSA) is 66.6 Å². The quantitative estimate of drug-likeness (QED) is 0.628. The van der Waals surface area contributed by atoms with E-state index in [0.29, 0.717) is 19.5 Å². The summed E-state index contributed by atoms with van der Waals surface area (Å²) in [6.45, 7) is 3.65. The standard InChI is InChI=1S/C9H18N2O2/c1-7(12)8-3-5-11(6-8)9(13)2-4-10/h7-8,12H,2-6,10H2,1H3. The number of hydrogen-bond acceptors (Lipinski definition) is 3. The molecule has 1 amide bonds.